The monoisotopic (exact) mass is 890 g/mol. The molecule has 0 N–H and O–H groups in total. The third kappa shape index (κ3) is 8.33. The average Bonchev–Trinajstić information content (AvgIpc) is 3.33. The Morgan fingerprint density at radius 2 is 0.561 bits per heavy atom. The number of benzene rings is 10. The highest BCUT2D eigenvalue weighted by molar-refractivity contribution is 7.69. The number of rotatable bonds is 11. The van der Waals surface area contributed by atoms with Crippen LogP contribution in [0.25, 0.3) is 54.9 Å². The van der Waals surface area contributed by atoms with E-state index in [1.165, 1.54) is 44.5 Å². The van der Waals surface area contributed by atoms with Crippen LogP contribution >= 0.6 is 16.3 Å². The molecular weight excluding hydrogens is 839 g/mol. The predicted octanol–water partition coefficient (Wildman–Crippen LogP) is 15.7. The molecule has 0 aliphatic carbocycles. The Morgan fingerprint density at radius 3 is 0.864 bits per heavy atom. The van der Waals surface area contributed by atoms with E-state index in [1.54, 1.807) is 0 Å². The summed E-state index contributed by atoms with van der Waals surface area (Å²) in [6, 6.07) is 74.6. The lowest BCUT2D eigenvalue weighted by molar-refractivity contribution is 0.626. The highest BCUT2D eigenvalue weighted by Gasteiger charge is 2.31. The van der Waals surface area contributed by atoms with Crippen molar-refractivity contribution in [3.8, 4) is 44.9 Å². The summed E-state index contributed by atoms with van der Waals surface area (Å²) in [5.74, 6) is 1.69. The molecule has 4 heteroatoms. The van der Waals surface area contributed by atoms with Crippen LogP contribution in [0.15, 0.2) is 206 Å². The van der Waals surface area contributed by atoms with Gasteiger partial charge in [0.05, 0.1) is 0 Å². The molecule has 0 atom stereocenters. The lowest BCUT2D eigenvalue weighted by atomic mass is 9.84. The molecule has 0 aliphatic rings. The normalized spacial score (nSPS) is 11.5. The second-order valence-electron chi connectivity index (χ2n) is 17.4. The van der Waals surface area contributed by atoms with Gasteiger partial charge in [-0.25, -0.2) is 0 Å². The maximum atomic E-state index is 8.01. The number of hydrogen-bond acceptors (Lipinski definition) is 2. The van der Waals surface area contributed by atoms with E-state index in [0.717, 1.165) is 76.5 Å². The molecule has 0 aromatic heterocycles. The first-order valence-corrected chi connectivity index (χ1v) is 25.2. The molecule has 0 fully saturated rings. The minimum atomic E-state index is -1.37. The van der Waals surface area contributed by atoms with Crippen molar-refractivity contribution in [2.45, 2.75) is 41.5 Å². The molecule has 2 nitrogen and oxygen atoms in total. The van der Waals surface area contributed by atoms with Crippen molar-refractivity contribution in [1.29, 1.82) is 0 Å². The molecule has 10 aromatic carbocycles. The smallest absolute Gasteiger partial charge is 0.150 e. The molecule has 66 heavy (non-hydrogen) atoms. The molecular formula is C62H52O2P2. The standard InChI is InChI=1S/C62H52O2P2/c1-41-35-43(3)57(44(4)36-41)55-39-47-23-19-21-33-53(47)59(61(55)63-65(49-25-11-7-12-26-49)50-27-13-8-14-28-50)60-54-34-22-20-24-48(54)40-56(58-45(5)37-42(2)38-46(58)6)62(60)64-66(51-29-15-9-16-30-51)52-31-17-10-18-32-52/h7-40H,1-6H3. The first-order chi connectivity index (χ1) is 32.2. The van der Waals surface area contributed by atoms with Crippen molar-refractivity contribution in [1.82, 2.24) is 0 Å². The summed E-state index contributed by atoms with van der Waals surface area (Å²) in [4.78, 5) is 0. The van der Waals surface area contributed by atoms with Crippen LogP contribution in [-0.4, -0.2) is 0 Å². The van der Waals surface area contributed by atoms with Gasteiger partial charge in [0, 0.05) is 43.5 Å². The maximum absolute atomic E-state index is 8.01. The fourth-order valence-electron chi connectivity index (χ4n) is 9.87. The summed E-state index contributed by atoms with van der Waals surface area (Å²) < 4.78 is 16.0. The lowest BCUT2D eigenvalue weighted by Crippen LogP contribution is -2.17. The Labute approximate surface area is 392 Å². The van der Waals surface area contributed by atoms with Gasteiger partial charge in [-0.3, -0.25) is 0 Å². The van der Waals surface area contributed by atoms with Crippen molar-refractivity contribution in [3.05, 3.63) is 240 Å². The molecule has 0 heterocycles. The topological polar surface area (TPSA) is 18.5 Å². The molecule has 322 valence electrons. The summed E-state index contributed by atoms with van der Waals surface area (Å²) in [5, 5.41) is 9.02. The summed E-state index contributed by atoms with van der Waals surface area (Å²) in [6.07, 6.45) is 0. The van der Waals surface area contributed by atoms with Crippen molar-refractivity contribution in [2.75, 3.05) is 0 Å². The van der Waals surface area contributed by atoms with E-state index in [-0.39, 0.29) is 0 Å². The van der Waals surface area contributed by atoms with Crippen LogP contribution in [0.3, 0.4) is 0 Å². The van der Waals surface area contributed by atoms with Gasteiger partial charge in [0.2, 0.25) is 0 Å². The fourth-order valence-corrected chi connectivity index (χ4v) is 13.4. The van der Waals surface area contributed by atoms with Gasteiger partial charge < -0.3 is 9.05 Å². The van der Waals surface area contributed by atoms with E-state index >= 15 is 0 Å². The van der Waals surface area contributed by atoms with Crippen molar-refractivity contribution in [2.24, 2.45) is 0 Å². The van der Waals surface area contributed by atoms with E-state index in [0.29, 0.717) is 0 Å². The second kappa shape index (κ2) is 18.6. The summed E-state index contributed by atoms with van der Waals surface area (Å²) >= 11 is 0. The van der Waals surface area contributed by atoms with E-state index in [9.17, 15) is 0 Å². The Morgan fingerprint density at radius 1 is 0.288 bits per heavy atom. The molecule has 0 bridgehead atoms. The highest BCUT2D eigenvalue weighted by atomic mass is 31.1. The van der Waals surface area contributed by atoms with Gasteiger partial charge in [-0.2, -0.15) is 0 Å². The zero-order chi connectivity index (χ0) is 45.3. The Bertz CT molecular complexity index is 3010. The lowest BCUT2D eigenvalue weighted by Gasteiger charge is -2.29. The van der Waals surface area contributed by atoms with Crippen molar-refractivity contribution < 1.29 is 9.05 Å². The van der Waals surface area contributed by atoms with Gasteiger partial charge in [0.25, 0.3) is 0 Å². The third-order valence-electron chi connectivity index (χ3n) is 12.5. The highest BCUT2D eigenvalue weighted by Crippen LogP contribution is 2.58. The van der Waals surface area contributed by atoms with Crippen molar-refractivity contribution >= 4 is 59.1 Å². The SMILES string of the molecule is Cc1cc(C)c(-c2cc3ccccc3c(-c3c(OP(c4ccccc4)c4ccccc4)c(-c4c(C)cc(C)cc4C)cc4ccccc34)c2OP(c2ccccc2)c2ccccc2)c(C)c1. The van der Waals surface area contributed by atoms with Gasteiger partial charge in [-0.1, -0.05) is 205 Å². The molecule has 10 aromatic rings. The summed E-state index contributed by atoms with van der Waals surface area (Å²) in [5.41, 5.74) is 13.8. The minimum absolute atomic E-state index is 0.843. The van der Waals surface area contributed by atoms with Gasteiger partial charge in [-0.05, 0) is 109 Å². The largest absolute Gasteiger partial charge is 0.463 e. The first kappa shape index (κ1) is 43.1. The molecule has 0 saturated carbocycles. The van der Waals surface area contributed by atoms with Crippen LogP contribution in [0.5, 0.6) is 11.5 Å². The van der Waals surface area contributed by atoms with E-state index in [2.05, 4.69) is 248 Å². The third-order valence-corrected chi connectivity index (χ3v) is 16.3. The number of aryl methyl sites for hydroxylation is 6. The molecule has 0 radical (unpaired) electrons. The van der Waals surface area contributed by atoms with E-state index in [1.807, 2.05) is 0 Å². The quantitative estimate of drug-likeness (QED) is 0.120. The molecule has 0 unspecified atom stereocenters. The molecule has 0 saturated heterocycles. The summed E-state index contributed by atoms with van der Waals surface area (Å²) in [7, 11) is -2.73. The number of hydrogen-bond donors (Lipinski definition) is 0. The first-order valence-electron chi connectivity index (χ1n) is 22.7. The molecule has 0 aliphatic heterocycles. The van der Waals surface area contributed by atoms with Gasteiger partial charge in [-0.15, -0.1) is 0 Å². The fraction of sp³-hybridized carbons (Fsp3) is 0.0968. The maximum Gasteiger partial charge on any atom is 0.150 e. The molecule has 10 rings (SSSR count). The van der Waals surface area contributed by atoms with E-state index in [4.69, 9.17) is 9.05 Å². The van der Waals surface area contributed by atoms with Gasteiger partial charge in [0.15, 0.2) is 16.3 Å². The van der Waals surface area contributed by atoms with Gasteiger partial charge in [0.1, 0.15) is 11.5 Å². The van der Waals surface area contributed by atoms with Crippen LogP contribution in [0.2, 0.25) is 0 Å². The zero-order valence-corrected chi connectivity index (χ0v) is 40.1. The van der Waals surface area contributed by atoms with Crippen LogP contribution in [0.1, 0.15) is 33.4 Å². The Hall–Kier alpha value is -6.82. The number of fused-ring (bicyclic) bond motifs is 2. The molecule has 0 spiro atoms. The average molecular weight is 891 g/mol. The van der Waals surface area contributed by atoms with Crippen LogP contribution < -0.4 is 30.3 Å². The van der Waals surface area contributed by atoms with Crippen LogP contribution in [-0.2, 0) is 0 Å². The van der Waals surface area contributed by atoms with E-state index < -0.39 is 16.3 Å². The molecule has 0 amide bonds. The van der Waals surface area contributed by atoms with Crippen LogP contribution in [0.4, 0.5) is 0 Å². The minimum Gasteiger partial charge on any atom is -0.463 e. The predicted molar refractivity (Wildman–Crippen MR) is 286 cm³/mol. The van der Waals surface area contributed by atoms with Crippen molar-refractivity contribution in [3.63, 3.8) is 0 Å². The zero-order valence-electron chi connectivity index (χ0n) is 38.3. The Balaban J connectivity index is 1.41. The van der Waals surface area contributed by atoms with Crippen LogP contribution in [0, 0.1) is 41.5 Å². The van der Waals surface area contributed by atoms with Gasteiger partial charge >= 0.3 is 0 Å². The summed E-state index contributed by atoms with van der Waals surface area (Å²) in [6.45, 7) is 13.3. The Kier molecular flexibility index (Phi) is 12.1. The second-order valence-corrected chi connectivity index (χ2v) is 21.0.